The number of rotatable bonds is 5. The van der Waals surface area contributed by atoms with Crippen LogP contribution in [0.1, 0.15) is 17.0 Å². The Balaban J connectivity index is 1.59. The summed E-state index contributed by atoms with van der Waals surface area (Å²) < 4.78 is 5.66. The Bertz CT molecular complexity index is 947. The average molecular weight is 380 g/mol. The highest BCUT2D eigenvalue weighted by Crippen LogP contribution is 2.21. The molecule has 0 aliphatic heterocycles. The first kappa shape index (κ1) is 18.6. The predicted molar refractivity (Wildman–Crippen MR) is 107 cm³/mol. The third-order valence-electron chi connectivity index (χ3n) is 3.59. The number of aryl methyl sites for hydroxylation is 2. The third-order valence-corrected chi connectivity index (χ3v) is 3.84. The van der Waals surface area contributed by atoms with Gasteiger partial charge in [0.05, 0.1) is 0 Å². The maximum atomic E-state index is 12.0. The van der Waals surface area contributed by atoms with E-state index in [4.69, 9.17) is 16.3 Å². The van der Waals surface area contributed by atoms with Crippen LogP contribution in [-0.4, -0.2) is 15.9 Å². The SMILES string of the molecule is Cc1cc(C)nc(Oc2ccc(NC(=O)/C=C/c3ccc(Cl)cc3)cc2)n1. The first-order chi connectivity index (χ1) is 13.0. The summed E-state index contributed by atoms with van der Waals surface area (Å²) in [6.07, 6.45) is 3.19. The highest BCUT2D eigenvalue weighted by Gasteiger charge is 2.04. The minimum absolute atomic E-state index is 0.226. The standard InChI is InChI=1S/C21H18ClN3O2/c1-14-13-15(2)24-21(23-14)27-19-10-8-18(9-11-19)25-20(26)12-5-16-3-6-17(22)7-4-16/h3-13H,1-2H3,(H,25,26)/b12-5+. The number of hydrogen-bond acceptors (Lipinski definition) is 4. The normalized spacial score (nSPS) is 10.8. The van der Waals surface area contributed by atoms with E-state index in [1.54, 1.807) is 42.5 Å². The van der Waals surface area contributed by atoms with Crippen molar-refractivity contribution in [3.05, 3.63) is 82.6 Å². The molecule has 6 heteroatoms. The molecular weight excluding hydrogens is 362 g/mol. The highest BCUT2D eigenvalue weighted by molar-refractivity contribution is 6.30. The van der Waals surface area contributed by atoms with Gasteiger partial charge in [0, 0.05) is 28.2 Å². The Morgan fingerprint density at radius 2 is 1.63 bits per heavy atom. The van der Waals surface area contributed by atoms with Crippen molar-refractivity contribution in [3.8, 4) is 11.8 Å². The Morgan fingerprint density at radius 1 is 1.00 bits per heavy atom. The van der Waals surface area contributed by atoms with Gasteiger partial charge >= 0.3 is 6.01 Å². The summed E-state index contributed by atoms with van der Waals surface area (Å²) in [5.41, 5.74) is 3.24. The number of aromatic nitrogens is 2. The Labute approximate surface area is 162 Å². The lowest BCUT2D eigenvalue weighted by Gasteiger charge is -2.07. The molecular formula is C21H18ClN3O2. The molecule has 2 aromatic carbocycles. The molecule has 0 bridgehead atoms. The lowest BCUT2D eigenvalue weighted by Crippen LogP contribution is -2.07. The molecule has 0 unspecified atom stereocenters. The van der Waals surface area contributed by atoms with Gasteiger partial charge in [-0.15, -0.1) is 0 Å². The van der Waals surface area contributed by atoms with Crippen LogP contribution < -0.4 is 10.1 Å². The van der Waals surface area contributed by atoms with Crippen LogP contribution in [0.4, 0.5) is 5.69 Å². The minimum atomic E-state index is -0.226. The van der Waals surface area contributed by atoms with Gasteiger partial charge in [-0.2, -0.15) is 0 Å². The van der Waals surface area contributed by atoms with Crippen molar-refractivity contribution in [1.29, 1.82) is 0 Å². The summed E-state index contributed by atoms with van der Waals surface area (Å²) in [4.78, 5) is 20.5. The molecule has 27 heavy (non-hydrogen) atoms. The number of ether oxygens (including phenoxy) is 1. The topological polar surface area (TPSA) is 64.1 Å². The summed E-state index contributed by atoms with van der Waals surface area (Å²) in [5.74, 6) is 0.367. The van der Waals surface area contributed by atoms with Crippen molar-refractivity contribution in [2.75, 3.05) is 5.32 Å². The third kappa shape index (κ3) is 5.66. The molecule has 1 amide bonds. The van der Waals surface area contributed by atoms with Crippen LogP contribution in [0.3, 0.4) is 0 Å². The Hall–Kier alpha value is -3.18. The van der Waals surface area contributed by atoms with Gasteiger partial charge in [-0.3, -0.25) is 4.79 Å². The number of benzene rings is 2. The van der Waals surface area contributed by atoms with E-state index in [2.05, 4.69) is 15.3 Å². The number of carbonyl (C=O) groups excluding carboxylic acids is 1. The number of anilines is 1. The zero-order valence-electron chi connectivity index (χ0n) is 14.9. The number of nitrogens with zero attached hydrogens (tertiary/aromatic N) is 2. The van der Waals surface area contributed by atoms with E-state index in [0.29, 0.717) is 22.5 Å². The number of nitrogens with one attached hydrogen (secondary N) is 1. The van der Waals surface area contributed by atoms with Crippen molar-refractivity contribution in [2.45, 2.75) is 13.8 Å². The van der Waals surface area contributed by atoms with E-state index in [1.807, 2.05) is 32.0 Å². The average Bonchev–Trinajstić information content (AvgIpc) is 2.62. The maximum absolute atomic E-state index is 12.0. The minimum Gasteiger partial charge on any atom is -0.424 e. The van der Waals surface area contributed by atoms with E-state index >= 15 is 0 Å². The number of carbonyl (C=O) groups is 1. The molecule has 1 aromatic heterocycles. The van der Waals surface area contributed by atoms with Gasteiger partial charge in [-0.05, 0) is 68.0 Å². The van der Waals surface area contributed by atoms with Crippen LogP contribution in [0.15, 0.2) is 60.7 Å². The fourth-order valence-electron chi connectivity index (χ4n) is 2.38. The van der Waals surface area contributed by atoms with E-state index in [1.165, 1.54) is 6.08 Å². The van der Waals surface area contributed by atoms with Crippen LogP contribution in [0.2, 0.25) is 5.02 Å². The molecule has 0 saturated carbocycles. The van der Waals surface area contributed by atoms with Crippen molar-refractivity contribution in [3.63, 3.8) is 0 Å². The van der Waals surface area contributed by atoms with Gasteiger partial charge in [0.25, 0.3) is 0 Å². The van der Waals surface area contributed by atoms with Crippen molar-refractivity contribution < 1.29 is 9.53 Å². The molecule has 3 aromatic rings. The Morgan fingerprint density at radius 3 is 2.26 bits per heavy atom. The summed E-state index contributed by atoms with van der Waals surface area (Å²) in [6.45, 7) is 3.77. The van der Waals surface area contributed by atoms with E-state index in [9.17, 15) is 4.79 Å². The second kappa shape index (κ2) is 8.47. The largest absolute Gasteiger partial charge is 0.424 e. The molecule has 0 aliphatic rings. The van der Waals surface area contributed by atoms with Crippen molar-refractivity contribution in [2.24, 2.45) is 0 Å². The highest BCUT2D eigenvalue weighted by atomic mass is 35.5. The zero-order valence-corrected chi connectivity index (χ0v) is 15.7. The smallest absolute Gasteiger partial charge is 0.322 e. The molecule has 5 nitrogen and oxygen atoms in total. The molecule has 0 saturated heterocycles. The first-order valence-electron chi connectivity index (χ1n) is 8.33. The van der Waals surface area contributed by atoms with Crippen LogP contribution in [-0.2, 0) is 4.79 Å². The monoisotopic (exact) mass is 379 g/mol. The number of amides is 1. The van der Waals surface area contributed by atoms with Gasteiger partial charge in [0.1, 0.15) is 5.75 Å². The fraction of sp³-hybridized carbons (Fsp3) is 0.0952. The second-order valence-electron chi connectivity index (χ2n) is 5.93. The maximum Gasteiger partial charge on any atom is 0.322 e. The number of hydrogen-bond donors (Lipinski definition) is 1. The van der Waals surface area contributed by atoms with Crippen LogP contribution in [0.25, 0.3) is 6.08 Å². The molecule has 0 fully saturated rings. The van der Waals surface area contributed by atoms with Crippen molar-refractivity contribution in [1.82, 2.24) is 9.97 Å². The molecule has 0 spiro atoms. The number of halogens is 1. The summed E-state index contributed by atoms with van der Waals surface area (Å²) >= 11 is 5.84. The molecule has 136 valence electrons. The lowest BCUT2D eigenvalue weighted by molar-refractivity contribution is -0.111. The quantitative estimate of drug-likeness (QED) is 0.619. The summed E-state index contributed by atoms with van der Waals surface area (Å²) in [6, 6.07) is 16.4. The summed E-state index contributed by atoms with van der Waals surface area (Å²) in [5, 5.41) is 3.45. The van der Waals surface area contributed by atoms with Gasteiger partial charge in [-0.1, -0.05) is 23.7 Å². The fourth-order valence-corrected chi connectivity index (χ4v) is 2.51. The zero-order chi connectivity index (χ0) is 19.2. The van der Waals surface area contributed by atoms with Gasteiger partial charge in [-0.25, -0.2) is 9.97 Å². The molecule has 0 radical (unpaired) electrons. The van der Waals surface area contributed by atoms with Crippen LogP contribution >= 0.6 is 11.6 Å². The van der Waals surface area contributed by atoms with Crippen LogP contribution in [0.5, 0.6) is 11.8 Å². The first-order valence-corrected chi connectivity index (χ1v) is 8.70. The van der Waals surface area contributed by atoms with E-state index in [-0.39, 0.29) is 5.91 Å². The molecule has 3 rings (SSSR count). The molecule has 0 atom stereocenters. The van der Waals surface area contributed by atoms with Gasteiger partial charge in [0.15, 0.2) is 0 Å². The summed E-state index contributed by atoms with van der Waals surface area (Å²) in [7, 11) is 0. The van der Waals surface area contributed by atoms with Gasteiger partial charge < -0.3 is 10.1 Å². The van der Waals surface area contributed by atoms with E-state index < -0.39 is 0 Å². The predicted octanol–water partition coefficient (Wildman–Crippen LogP) is 5.19. The molecule has 1 heterocycles. The lowest BCUT2D eigenvalue weighted by atomic mass is 10.2. The molecule has 0 aliphatic carbocycles. The van der Waals surface area contributed by atoms with E-state index in [0.717, 1.165) is 17.0 Å². The second-order valence-corrected chi connectivity index (χ2v) is 6.37. The Kier molecular flexibility index (Phi) is 5.84. The molecule has 1 N–H and O–H groups in total. The van der Waals surface area contributed by atoms with Crippen molar-refractivity contribution >= 4 is 29.3 Å². The van der Waals surface area contributed by atoms with Gasteiger partial charge in [0.2, 0.25) is 5.91 Å². The van der Waals surface area contributed by atoms with Crippen LogP contribution in [0, 0.1) is 13.8 Å².